The molecule has 2 aromatic rings. The predicted molar refractivity (Wildman–Crippen MR) is 71.8 cm³/mol. The molecule has 1 aromatic carbocycles. The number of carbonyl (C=O) groups is 1. The first kappa shape index (κ1) is 16.1. The summed E-state index contributed by atoms with van der Waals surface area (Å²) in [5.74, 6) is -0.999. The summed E-state index contributed by atoms with van der Waals surface area (Å²) in [5.41, 5.74) is 3.44. The molecule has 5 nitrogen and oxygen atoms in total. The van der Waals surface area contributed by atoms with Crippen LogP contribution in [0.5, 0.6) is 0 Å². The number of hydrogen-bond acceptors (Lipinski definition) is 3. The molecule has 0 spiro atoms. The van der Waals surface area contributed by atoms with Crippen LogP contribution in [0.25, 0.3) is 5.69 Å². The number of nitrogens with two attached hydrogens (primary N) is 1. The van der Waals surface area contributed by atoms with E-state index in [1.54, 1.807) is 6.07 Å². The topological polar surface area (TPSA) is 84.7 Å². The van der Waals surface area contributed by atoms with Gasteiger partial charge in [-0.25, -0.2) is 4.68 Å². The minimum atomic E-state index is -4.64. The van der Waals surface area contributed by atoms with Gasteiger partial charge in [0.1, 0.15) is 23.0 Å². The Kier molecular flexibility index (Phi) is 4.04. The monoisotopic (exact) mass is 348 g/mol. The molecule has 114 valence electrons. The van der Waals surface area contributed by atoms with E-state index in [0.29, 0.717) is 12.1 Å². The summed E-state index contributed by atoms with van der Waals surface area (Å²) in [6, 6.07) is 2.97. The molecule has 0 radical (unpaired) electrons. The fraction of sp³-hybridized carbons (Fsp3) is 0.0833. The quantitative estimate of drug-likeness (QED) is 0.904. The summed E-state index contributed by atoms with van der Waals surface area (Å²) in [7, 11) is 0. The Morgan fingerprint density at radius 2 is 1.86 bits per heavy atom. The molecule has 0 fully saturated rings. The number of rotatable bonds is 2. The zero-order valence-electron chi connectivity index (χ0n) is 10.4. The lowest BCUT2D eigenvalue weighted by atomic mass is 10.2. The molecule has 0 unspecified atom stereocenters. The second kappa shape index (κ2) is 5.51. The van der Waals surface area contributed by atoms with Gasteiger partial charge in [0.25, 0.3) is 5.91 Å². The van der Waals surface area contributed by atoms with E-state index in [2.05, 4.69) is 5.10 Å². The van der Waals surface area contributed by atoms with Crippen molar-refractivity contribution in [2.75, 3.05) is 0 Å². The van der Waals surface area contributed by atoms with Crippen molar-refractivity contribution in [1.29, 1.82) is 5.26 Å². The number of alkyl halides is 3. The minimum absolute atomic E-state index is 0.153. The van der Waals surface area contributed by atoms with Crippen molar-refractivity contribution in [2.45, 2.75) is 6.18 Å². The Morgan fingerprint density at radius 3 is 2.27 bits per heavy atom. The summed E-state index contributed by atoms with van der Waals surface area (Å²) >= 11 is 11.6. The molecule has 22 heavy (non-hydrogen) atoms. The maximum absolute atomic E-state index is 12.7. The number of hydrogen-bond donors (Lipinski definition) is 1. The smallest absolute Gasteiger partial charge is 0.364 e. The Morgan fingerprint density at radius 1 is 1.32 bits per heavy atom. The van der Waals surface area contributed by atoms with Gasteiger partial charge in [0.15, 0.2) is 0 Å². The van der Waals surface area contributed by atoms with Crippen LogP contribution in [0.3, 0.4) is 0 Å². The number of aromatic nitrogens is 2. The van der Waals surface area contributed by atoms with Gasteiger partial charge < -0.3 is 5.73 Å². The van der Waals surface area contributed by atoms with Crippen molar-refractivity contribution < 1.29 is 18.0 Å². The predicted octanol–water partition coefficient (Wildman–Crippen LogP) is 3.17. The molecule has 1 aromatic heterocycles. The molecule has 10 heteroatoms. The highest BCUT2D eigenvalue weighted by Gasteiger charge is 2.33. The van der Waals surface area contributed by atoms with Crippen molar-refractivity contribution in [2.24, 2.45) is 5.73 Å². The first-order chi connectivity index (χ1) is 10.2. The van der Waals surface area contributed by atoms with Gasteiger partial charge in [-0.2, -0.15) is 23.5 Å². The van der Waals surface area contributed by atoms with Gasteiger partial charge in [0, 0.05) is 0 Å². The van der Waals surface area contributed by atoms with Gasteiger partial charge in [-0.15, -0.1) is 0 Å². The van der Waals surface area contributed by atoms with Crippen molar-refractivity contribution in [1.82, 2.24) is 9.78 Å². The third-order valence-corrected chi connectivity index (χ3v) is 3.26. The average Bonchev–Trinajstić information content (AvgIpc) is 2.80. The maximum atomic E-state index is 12.7. The van der Waals surface area contributed by atoms with E-state index < -0.39 is 27.7 Å². The fourth-order valence-corrected chi connectivity index (χ4v) is 2.42. The molecule has 0 saturated carbocycles. The van der Waals surface area contributed by atoms with Crippen LogP contribution in [-0.4, -0.2) is 15.7 Å². The molecule has 0 aliphatic rings. The lowest BCUT2D eigenvalue weighted by molar-refractivity contribution is -0.137. The average molecular weight is 349 g/mol. The normalized spacial score (nSPS) is 11.3. The third kappa shape index (κ3) is 2.73. The standard InChI is InChI=1S/C12H5Cl2F3N4O/c13-7-1-6(12(15,16)17)2-8(14)10(7)21-9(11(19)22)5(3-18)4-20-21/h1-2,4H,(H2,19,22). The van der Waals surface area contributed by atoms with E-state index in [0.717, 1.165) is 10.9 Å². The number of nitrogens with zero attached hydrogens (tertiary/aromatic N) is 3. The summed E-state index contributed by atoms with van der Waals surface area (Å²) in [6.45, 7) is 0. The van der Waals surface area contributed by atoms with Gasteiger partial charge in [-0.05, 0) is 12.1 Å². The van der Waals surface area contributed by atoms with Crippen molar-refractivity contribution >= 4 is 29.1 Å². The fourth-order valence-electron chi connectivity index (χ4n) is 1.77. The highest BCUT2D eigenvalue weighted by molar-refractivity contribution is 6.38. The molecule has 0 aliphatic carbocycles. The number of nitriles is 1. The molecular formula is C12H5Cl2F3N4O. The third-order valence-electron chi connectivity index (χ3n) is 2.68. The number of primary amides is 1. The van der Waals surface area contributed by atoms with Gasteiger partial charge >= 0.3 is 6.18 Å². The van der Waals surface area contributed by atoms with Crippen LogP contribution >= 0.6 is 23.2 Å². The Labute approximate surface area is 131 Å². The molecule has 2 rings (SSSR count). The molecule has 0 atom stereocenters. The van der Waals surface area contributed by atoms with E-state index in [1.165, 1.54) is 0 Å². The first-order valence-electron chi connectivity index (χ1n) is 5.51. The Bertz CT molecular complexity index is 785. The molecule has 2 N–H and O–H groups in total. The van der Waals surface area contributed by atoms with Crippen LogP contribution in [0.2, 0.25) is 10.0 Å². The number of amides is 1. The van der Waals surface area contributed by atoms with Crippen LogP contribution in [0.4, 0.5) is 13.2 Å². The van der Waals surface area contributed by atoms with Crippen molar-refractivity contribution in [3.05, 3.63) is 45.2 Å². The van der Waals surface area contributed by atoms with Gasteiger partial charge in [-0.3, -0.25) is 4.79 Å². The van der Waals surface area contributed by atoms with Gasteiger partial charge in [0.05, 0.1) is 21.8 Å². The SMILES string of the molecule is N#Cc1cnn(-c2c(Cl)cc(C(F)(F)F)cc2Cl)c1C(N)=O. The van der Waals surface area contributed by atoms with Crippen LogP contribution in [0, 0.1) is 11.3 Å². The molecule has 0 saturated heterocycles. The first-order valence-corrected chi connectivity index (χ1v) is 6.27. The van der Waals surface area contributed by atoms with Gasteiger partial charge in [0.2, 0.25) is 0 Å². The second-order valence-corrected chi connectivity index (χ2v) is 4.90. The molecule has 1 heterocycles. The maximum Gasteiger partial charge on any atom is 0.416 e. The highest BCUT2D eigenvalue weighted by Crippen LogP contribution is 2.37. The van der Waals surface area contributed by atoms with Crippen LogP contribution in [0.15, 0.2) is 18.3 Å². The summed E-state index contributed by atoms with van der Waals surface area (Å²) in [4.78, 5) is 11.4. The van der Waals surface area contributed by atoms with E-state index >= 15 is 0 Å². The van der Waals surface area contributed by atoms with E-state index in [9.17, 15) is 18.0 Å². The van der Waals surface area contributed by atoms with Crippen LogP contribution in [-0.2, 0) is 6.18 Å². The Hall–Kier alpha value is -2.24. The zero-order valence-corrected chi connectivity index (χ0v) is 12.0. The molecule has 1 amide bonds. The largest absolute Gasteiger partial charge is 0.416 e. The zero-order chi connectivity index (χ0) is 16.7. The summed E-state index contributed by atoms with van der Waals surface area (Å²) in [6.07, 6.45) is -3.61. The van der Waals surface area contributed by atoms with Crippen molar-refractivity contribution in [3.63, 3.8) is 0 Å². The lowest BCUT2D eigenvalue weighted by Gasteiger charge is -2.13. The molecule has 0 bridgehead atoms. The highest BCUT2D eigenvalue weighted by atomic mass is 35.5. The molecular weight excluding hydrogens is 344 g/mol. The summed E-state index contributed by atoms with van der Waals surface area (Å²) in [5, 5.41) is 11.8. The molecule has 0 aliphatic heterocycles. The Balaban J connectivity index is 2.73. The van der Waals surface area contributed by atoms with E-state index in [1.807, 2.05) is 0 Å². The number of halogens is 5. The number of carbonyl (C=O) groups excluding carboxylic acids is 1. The van der Waals surface area contributed by atoms with Crippen molar-refractivity contribution in [3.8, 4) is 11.8 Å². The van der Waals surface area contributed by atoms with Crippen LogP contribution < -0.4 is 5.73 Å². The van der Waals surface area contributed by atoms with E-state index in [-0.39, 0.29) is 16.9 Å². The minimum Gasteiger partial charge on any atom is -0.364 e. The lowest BCUT2D eigenvalue weighted by Crippen LogP contribution is -2.18. The summed E-state index contributed by atoms with van der Waals surface area (Å²) < 4.78 is 38.9. The second-order valence-electron chi connectivity index (χ2n) is 4.08. The van der Waals surface area contributed by atoms with Crippen LogP contribution in [0.1, 0.15) is 21.6 Å². The van der Waals surface area contributed by atoms with Gasteiger partial charge in [-0.1, -0.05) is 23.2 Å². The van der Waals surface area contributed by atoms with E-state index in [4.69, 9.17) is 34.2 Å². The number of benzene rings is 1.